The molecule has 4 rings (SSSR count). The zero-order valence-corrected chi connectivity index (χ0v) is 36.4. The average molecular weight is 920 g/mol. The molecule has 2 aromatic carbocycles. The van der Waals surface area contributed by atoms with E-state index in [1.165, 1.54) is 26.2 Å². The molecular formula is C44H52F3N3O15. The van der Waals surface area contributed by atoms with Gasteiger partial charge < -0.3 is 48.9 Å². The number of esters is 1. The van der Waals surface area contributed by atoms with Crippen LogP contribution in [0.4, 0.5) is 18.0 Å². The number of carbonyl (C=O) groups excluding carboxylic acids is 6. The van der Waals surface area contributed by atoms with Gasteiger partial charge in [-0.2, -0.15) is 13.2 Å². The van der Waals surface area contributed by atoms with Gasteiger partial charge in [0.05, 0.1) is 46.8 Å². The quantitative estimate of drug-likeness (QED) is 0.0446. The Morgan fingerprint density at radius 3 is 2.25 bits per heavy atom. The van der Waals surface area contributed by atoms with Crippen molar-refractivity contribution >= 4 is 41.4 Å². The second-order valence-electron chi connectivity index (χ2n) is 14.7. The van der Waals surface area contributed by atoms with Gasteiger partial charge in [-0.1, -0.05) is 29.8 Å². The molecule has 65 heavy (non-hydrogen) atoms. The van der Waals surface area contributed by atoms with Crippen LogP contribution in [0.15, 0.2) is 41.5 Å². The largest absolute Gasteiger partial charge is 0.496 e. The number of ether oxygens (including phenoxy) is 7. The first kappa shape index (κ1) is 51.3. The predicted molar refractivity (Wildman–Crippen MR) is 222 cm³/mol. The van der Waals surface area contributed by atoms with Crippen molar-refractivity contribution in [2.24, 2.45) is 0 Å². The fourth-order valence-electron chi connectivity index (χ4n) is 6.71. The topological polar surface area (TPSA) is 240 Å². The summed E-state index contributed by atoms with van der Waals surface area (Å²) in [6.45, 7) is 5.70. The van der Waals surface area contributed by atoms with Crippen molar-refractivity contribution in [3.05, 3.63) is 80.4 Å². The van der Waals surface area contributed by atoms with Crippen LogP contribution in [0.25, 0.3) is 0 Å². The van der Waals surface area contributed by atoms with Crippen LogP contribution in [0.1, 0.15) is 86.4 Å². The number of halogens is 3. The number of carbonyl (C=O) groups is 7. The van der Waals surface area contributed by atoms with E-state index in [1.54, 1.807) is 31.3 Å². The maximum absolute atomic E-state index is 14.5. The van der Waals surface area contributed by atoms with E-state index in [-0.39, 0.29) is 109 Å². The molecule has 1 atom stereocenters. The third kappa shape index (κ3) is 15.1. The summed E-state index contributed by atoms with van der Waals surface area (Å²) in [6, 6.07) is 4.50. The van der Waals surface area contributed by atoms with Crippen LogP contribution < -0.4 is 25.4 Å². The lowest BCUT2D eigenvalue weighted by molar-refractivity contribution is -0.202. The SMILES string of the molecule is COc1c(C)c2c(c(OC(NC(=O)OCC3=CC(=O)c4c(CCNC(=O)CCOCCOCCOCCNC(C)=O)cccc4C3=O)C(F)(F)F)c1C/C=C(\C)CCC(=O)O)C(=O)OC2. The van der Waals surface area contributed by atoms with Gasteiger partial charge in [-0.15, -0.1) is 0 Å². The van der Waals surface area contributed by atoms with Crippen LogP contribution in [0.3, 0.4) is 0 Å². The number of benzene rings is 2. The molecule has 0 saturated carbocycles. The Labute approximate surface area is 372 Å². The molecule has 0 fully saturated rings. The van der Waals surface area contributed by atoms with Gasteiger partial charge in [-0.3, -0.25) is 29.3 Å². The number of Topliss-reactive ketones (excluding diaryl/α,β-unsaturated/α-hetero) is 1. The second-order valence-corrected chi connectivity index (χ2v) is 14.7. The molecule has 2 aromatic rings. The number of allylic oxidation sites excluding steroid dienone is 3. The number of cyclic esters (lactones) is 1. The molecule has 2 aliphatic rings. The minimum atomic E-state index is -5.29. The van der Waals surface area contributed by atoms with Gasteiger partial charge in [0.2, 0.25) is 11.8 Å². The number of alkyl carbamates (subject to hydrolysis) is 1. The summed E-state index contributed by atoms with van der Waals surface area (Å²) in [5.74, 6) is -4.33. The highest BCUT2D eigenvalue weighted by molar-refractivity contribution is 6.25. The Kier molecular flexibility index (Phi) is 19.5. The minimum absolute atomic E-state index is 0.00164. The van der Waals surface area contributed by atoms with Gasteiger partial charge in [-0.05, 0) is 50.3 Å². The van der Waals surface area contributed by atoms with Crippen molar-refractivity contribution in [2.75, 3.05) is 66.4 Å². The Bertz CT molecular complexity index is 2170. The van der Waals surface area contributed by atoms with Gasteiger partial charge in [0, 0.05) is 60.7 Å². The number of rotatable bonds is 26. The number of carboxylic acid groups (broad SMARTS) is 1. The summed E-state index contributed by atoms with van der Waals surface area (Å²) in [5, 5.41) is 16.0. The molecule has 1 unspecified atom stereocenters. The third-order valence-corrected chi connectivity index (χ3v) is 9.95. The highest BCUT2D eigenvalue weighted by Crippen LogP contribution is 2.44. The van der Waals surface area contributed by atoms with Crippen molar-refractivity contribution in [3.8, 4) is 11.5 Å². The van der Waals surface area contributed by atoms with Crippen molar-refractivity contribution < 1.29 is 85.0 Å². The Morgan fingerprint density at radius 1 is 0.892 bits per heavy atom. The standard InChI is InChI=1S/C44H52F3N3O15/c1-25(9-11-35(54)55)8-10-31-39(59-4)26(2)32-24-63-41(57)37(32)40(31)65-42(44(45,46)47)50-43(58)64-23-29-22-33(52)36-28(6-5-7-30(36)38(29)56)12-14-49-34(53)13-16-60-18-20-62-21-19-61-17-15-48-27(3)51/h5-8,22,42H,9-21,23-24H2,1-4H3,(H,48,51)(H,49,53)(H,50,58)(H,54,55)/b25-8+. The van der Waals surface area contributed by atoms with Crippen molar-refractivity contribution in [1.29, 1.82) is 0 Å². The molecule has 4 N–H and O–H groups in total. The number of amides is 3. The highest BCUT2D eigenvalue weighted by atomic mass is 19.4. The van der Waals surface area contributed by atoms with Gasteiger partial charge >= 0.3 is 24.2 Å². The van der Waals surface area contributed by atoms with Crippen LogP contribution in [-0.4, -0.2) is 125 Å². The molecule has 0 spiro atoms. The van der Waals surface area contributed by atoms with Gasteiger partial charge in [-0.25, -0.2) is 9.59 Å². The number of alkyl halides is 3. The minimum Gasteiger partial charge on any atom is -0.496 e. The van der Waals surface area contributed by atoms with Crippen LogP contribution in [-0.2, 0) is 57.5 Å². The van der Waals surface area contributed by atoms with Crippen molar-refractivity contribution in [3.63, 3.8) is 0 Å². The van der Waals surface area contributed by atoms with Gasteiger partial charge in [0.25, 0.3) is 6.23 Å². The number of hydrogen-bond donors (Lipinski definition) is 4. The summed E-state index contributed by atoms with van der Waals surface area (Å²) in [5.41, 5.74) is 1.04. The number of aliphatic carboxylic acids is 1. The molecule has 354 valence electrons. The number of nitrogens with one attached hydrogen (secondary N) is 3. The Hall–Kier alpha value is -6.32. The lowest BCUT2D eigenvalue weighted by Crippen LogP contribution is -2.50. The summed E-state index contributed by atoms with van der Waals surface area (Å²) >= 11 is 0. The maximum atomic E-state index is 14.5. The summed E-state index contributed by atoms with van der Waals surface area (Å²) in [6.07, 6.45) is -7.59. The van der Waals surface area contributed by atoms with Crippen molar-refractivity contribution in [2.45, 2.75) is 71.9 Å². The van der Waals surface area contributed by atoms with Crippen LogP contribution >= 0.6 is 0 Å². The van der Waals surface area contributed by atoms with E-state index in [1.807, 2.05) is 0 Å². The monoisotopic (exact) mass is 919 g/mol. The molecule has 1 heterocycles. The fourth-order valence-corrected chi connectivity index (χ4v) is 6.71. The fraction of sp³-hybridized carbons (Fsp3) is 0.477. The molecule has 0 bridgehead atoms. The smallest absolute Gasteiger partial charge is 0.445 e. The normalized spacial score (nSPS) is 13.9. The van der Waals surface area contributed by atoms with E-state index in [0.29, 0.717) is 49.7 Å². The zero-order valence-electron chi connectivity index (χ0n) is 36.4. The number of fused-ring (bicyclic) bond motifs is 2. The predicted octanol–water partition coefficient (Wildman–Crippen LogP) is 4.26. The highest BCUT2D eigenvalue weighted by Gasteiger charge is 2.46. The van der Waals surface area contributed by atoms with E-state index >= 15 is 0 Å². The number of ketones is 2. The Balaban J connectivity index is 1.32. The van der Waals surface area contributed by atoms with Crippen LogP contribution in [0.5, 0.6) is 11.5 Å². The van der Waals surface area contributed by atoms with Crippen LogP contribution in [0.2, 0.25) is 0 Å². The molecule has 3 amide bonds. The molecular weight excluding hydrogens is 867 g/mol. The zero-order chi connectivity index (χ0) is 47.7. The summed E-state index contributed by atoms with van der Waals surface area (Å²) in [7, 11) is 1.27. The molecule has 1 aliphatic heterocycles. The lowest BCUT2D eigenvalue weighted by Gasteiger charge is -2.26. The van der Waals surface area contributed by atoms with Crippen LogP contribution in [0, 0.1) is 6.92 Å². The third-order valence-electron chi connectivity index (χ3n) is 9.95. The number of hydrogen-bond acceptors (Lipinski definition) is 14. The van der Waals surface area contributed by atoms with E-state index in [4.69, 9.17) is 38.3 Å². The molecule has 21 heteroatoms. The summed E-state index contributed by atoms with van der Waals surface area (Å²) in [4.78, 5) is 86.8. The first-order valence-corrected chi connectivity index (χ1v) is 20.5. The summed E-state index contributed by atoms with van der Waals surface area (Å²) < 4.78 is 80.8. The van der Waals surface area contributed by atoms with Gasteiger partial charge in [0.1, 0.15) is 30.3 Å². The Morgan fingerprint density at radius 2 is 1.58 bits per heavy atom. The van der Waals surface area contributed by atoms with E-state index < -0.39 is 54.4 Å². The molecule has 18 nitrogen and oxygen atoms in total. The molecule has 0 radical (unpaired) electrons. The van der Waals surface area contributed by atoms with E-state index in [2.05, 4.69) is 10.6 Å². The molecule has 0 saturated heterocycles. The lowest BCUT2D eigenvalue weighted by atomic mass is 9.86. The van der Waals surface area contributed by atoms with Crippen molar-refractivity contribution in [1.82, 2.24) is 16.0 Å². The second kappa shape index (κ2) is 24.7. The maximum Gasteiger partial charge on any atom is 0.445 e. The first-order valence-electron chi connectivity index (χ1n) is 20.5. The van der Waals surface area contributed by atoms with E-state index in [9.17, 15) is 46.7 Å². The number of methoxy groups -OCH3 is 1. The average Bonchev–Trinajstić information content (AvgIpc) is 3.64. The molecule has 0 aromatic heterocycles. The number of carboxylic acids is 1. The molecule has 1 aliphatic carbocycles. The first-order chi connectivity index (χ1) is 30.9. The van der Waals surface area contributed by atoms with E-state index in [0.717, 1.165) is 6.08 Å². The van der Waals surface area contributed by atoms with Gasteiger partial charge in [0.15, 0.2) is 11.6 Å².